The number of rotatable bonds is 2. The van der Waals surface area contributed by atoms with Gasteiger partial charge in [0.25, 0.3) is 11.8 Å². The van der Waals surface area contributed by atoms with Crippen molar-refractivity contribution in [3.8, 4) is 0 Å². The minimum atomic E-state index is -1.52. The van der Waals surface area contributed by atoms with Crippen molar-refractivity contribution in [2.45, 2.75) is 12.0 Å². The molecule has 0 bridgehead atoms. The molecule has 1 saturated heterocycles. The summed E-state index contributed by atoms with van der Waals surface area (Å²) < 4.78 is 4.98. The van der Waals surface area contributed by atoms with Crippen LogP contribution in [-0.2, 0) is 19.1 Å². The van der Waals surface area contributed by atoms with Crippen LogP contribution >= 0.6 is 0 Å². The highest BCUT2D eigenvalue weighted by molar-refractivity contribution is 6.15. The molecule has 2 aliphatic rings. The normalized spacial score (nSPS) is 30.3. The van der Waals surface area contributed by atoms with Crippen molar-refractivity contribution in [3.63, 3.8) is 0 Å². The Hall–Kier alpha value is -1.69. The molecule has 0 spiro atoms. The van der Waals surface area contributed by atoms with E-state index in [0.717, 1.165) is 17.1 Å². The third-order valence-corrected chi connectivity index (χ3v) is 2.64. The highest BCUT2D eigenvalue weighted by Crippen LogP contribution is 2.29. The third kappa shape index (κ3) is 1.25. The Labute approximate surface area is 85.1 Å². The van der Waals surface area contributed by atoms with E-state index in [0.29, 0.717) is 0 Å². The SMILES string of the molecule is O=C1C=CC(=O)N1C1(C(=O)O)CCOC1. The second-order valence-electron chi connectivity index (χ2n) is 3.48. The number of carbonyl (C=O) groups excluding carboxylic acids is 2. The Kier molecular flexibility index (Phi) is 2.08. The Morgan fingerprint density at radius 3 is 2.40 bits per heavy atom. The summed E-state index contributed by atoms with van der Waals surface area (Å²) in [5.74, 6) is -2.38. The number of ether oxygens (including phenoxy) is 1. The van der Waals surface area contributed by atoms with Gasteiger partial charge < -0.3 is 9.84 Å². The second-order valence-corrected chi connectivity index (χ2v) is 3.48. The molecule has 1 unspecified atom stereocenters. The number of amides is 2. The van der Waals surface area contributed by atoms with Crippen LogP contribution in [0.2, 0.25) is 0 Å². The summed E-state index contributed by atoms with van der Waals surface area (Å²) in [4.78, 5) is 34.7. The van der Waals surface area contributed by atoms with Gasteiger partial charge in [-0.05, 0) is 0 Å². The molecule has 1 atom stereocenters. The number of nitrogens with zero attached hydrogens (tertiary/aromatic N) is 1. The number of hydrogen-bond acceptors (Lipinski definition) is 4. The van der Waals surface area contributed by atoms with Crippen LogP contribution in [0.3, 0.4) is 0 Å². The number of aliphatic carboxylic acids is 1. The van der Waals surface area contributed by atoms with Crippen molar-refractivity contribution in [2.24, 2.45) is 0 Å². The van der Waals surface area contributed by atoms with Gasteiger partial charge in [-0.2, -0.15) is 0 Å². The van der Waals surface area contributed by atoms with Gasteiger partial charge >= 0.3 is 5.97 Å². The van der Waals surface area contributed by atoms with E-state index in [-0.39, 0.29) is 19.6 Å². The first-order chi connectivity index (χ1) is 7.08. The fraction of sp³-hybridized carbons (Fsp3) is 0.444. The molecule has 80 valence electrons. The van der Waals surface area contributed by atoms with Crippen LogP contribution < -0.4 is 0 Å². The van der Waals surface area contributed by atoms with E-state index in [1.165, 1.54) is 0 Å². The van der Waals surface area contributed by atoms with E-state index in [1.54, 1.807) is 0 Å². The monoisotopic (exact) mass is 211 g/mol. The average Bonchev–Trinajstić information content (AvgIpc) is 2.74. The molecule has 6 nitrogen and oxygen atoms in total. The summed E-state index contributed by atoms with van der Waals surface area (Å²) in [6.07, 6.45) is 2.29. The zero-order valence-corrected chi connectivity index (χ0v) is 7.80. The molecule has 15 heavy (non-hydrogen) atoms. The minimum Gasteiger partial charge on any atom is -0.479 e. The maximum atomic E-state index is 11.4. The van der Waals surface area contributed by atoms with Crippen LogP contribution in [-0.4, -0.2) is 46.5 Å². The quantitative estimate of drug-likeness (QED) is 0.602. The lowest BCUT2D eigenvalue weighted by Crippen LogP contribution is -2.57. The highest BCUT2D eigenvalue weighted by atomic mass is 16.5. The lowest BCUT2D eigenvalue weighted by Gasteiger charge is -2.31. The van der Waals surface area contributed by atoms with Crippen LogP contribution in [0.15, 0.2) is 12.2 Å². The van der Waals surface area contributed by atoms with Crippen molar-refractivity contribution in [3.05, 3.63) is 12.2 Å². The van der Waals surface area contributed by atoms with Gasteiger partial charge in [-0.1, -0.05) is 0 Å². The van der Waals surface area contributed by atoms with Crippen molar-refractivity contribution >= 4 is 17.8 Å². The average molecular weight is 211 g/mol. The second kappa shape index (κ2) is 3.16. The lowest BCUT2D eigenvalue weighted by atomic mass is 9.96. The Morgan fingerprint density at radius 1 is 1.40 bits per heavy atom. The molecule has 0 radical (unpaired) electrons. The van der Waals surface area contributed by atoms with Gasteiger partial charge in [0.2, 0.25) is 0 Å². The van der Waals surface area contributed by atoms with Crippen LogP contribution in [0.5, 0.6) is 0 Å². The van der Waals surface area contributed by atoms with Crippen LogP contribution in [0, 0.1) is 0 Å². The van der Waals surface area contributed by atoms with Gasteiger partial charge in [0.15, 0.2) is 5.54 Å². The third-order valence-electron chi connectivity index (χ3n) is 2.64. The summed E-state index contributed by atoms with van der Waals surface area (Å²) in [5, 5.41) is 9.11. The molecule has 2 amide bonds. The molecule has 2 aliphatic heterocycles. The largest absolute Gasteiger partial charge is 0.479 e. The van der Waals surface area contributed by atoms with Gasteiger partial charge in [-0.25, -0.2) is 4.79 Å². The maximum absolute atomic E-state index is 11.4. The standard InChI is InChI=1S/C9H9NO5/c11-6-1-2-7(12)10(6)9(8(13)14)3-4-15-5-9/h1-2H,3-5H2,(H,13,14). The number of hydrogen-bond donors (Lipinski definition) is 1. The van der Waals surface area contributed by atoms with Gasteiger partial charge in [0.1, 0.15) is 0 Å². The Balaban J connectivity index is 2.38. The molecule has 2 heterocycles. The predicted octanol–water partition coefficient (Wildman–Crippen LogP) is -0.845. The molecular formula is C9H9NO5. The van der Waals surface area contributed by atoms with E-state index in [1.807, 2.05) is 0 Å². The predicted molar refractivity (Wildman–Crippen MR) is 46.8 cm³/mol. The molecule has 2 rings (SSSR count). The molecule has 1 N–H and O–H groups in total. The number of carboxylic acid groups (broad SMARTS) is 1. The smallest absolute Gasteiger partial charge is 0.332 e. The van der Waals surface area contributed by atoms with E-state index in [2.05, 4.69) is 0 Å². The van der Waals surface area contributed by atoms with Gasteiger partial charge in [0, 0.05) is 25.2 Å². The molecule has 0 aromatic rings. The molecule has 6 heteroatoms. The zero-order valence-electron chi connectivity index (χ0n) is 7.80. The molecule has 0 aromatic carbocycles. The zero-order chi connectivity index (χ0) is 11.1. The van der Waals surface area contributed by atoms with E-state index in [4.69, 9.17) is 9.84 Å². The molecular weight excluding hydrogens is 202 g/mol. The van der Waals surface area contributed by atoms with Crippen molar-refractivity contribution < 1.29 is 24.2 Å². The first-order valence-electron chi connectivity index (χ1n) is 4.45. The fourth-order valence-electron chi connectivity index (χ4n) is 1.82. The van der Waals surface area contributed by atoms with E-state index < -0.39 is 23.3 Å². The van der Waals surface area contributed by atoms with E-state index in [9.17, 15) is 14.4 Å². The van der Waals surface area contributed by atoms with Crippen molar-refractivity contribution in [2.75, 3.05) is 13.2 Å². The lowest BCUT2D eigenvalue weighted by molar-refractivity contribution is -0.162. The first-order valence-corrected chi connectivity index (χ1v) is 4.45. The Bertz CT molecular complexity index is 349. The number of carbonyl (C=O) groups is 3. The summed E-state index contributed by atoms with van der Waals surface area (Å²) >= 11 is 0. The summed E-state index contributed by atoms with van der Waals surface area (Å²) in [7, 11) is 0. The molecule has 1 fully saturated rings. The van der Waals surface area contributed by atoms with Gasteiger partial charge in [-0.3, -0.25) is 14.5 Å². The molecule has 0 aliphatic carbocycles. The minimum absolute atomic E-state index is 0.137. The summed E-state index contributed by atoms with van der Waals surface area (Å²) in [5.41, 5.74) is -1.52. The van der Waals surface area contributed by atoms with Crippen molar-refractivity contribution in [1.29, 1.82) is 0 Å². The van der Waals surface area contributed by atoms with Crippen molar-refractivity contribution in [1.82, 2.24) is 4.90 Å². The van der Waals surface area contributed by atoms with Gasteiger partial charge in [0.05, 0.1) is 6.61 Å². The molecule has 0 aromatic heterocycles. The van der Waals surface area contributed by atoms with Gasteiger partial charge in [-0.15, -0.1) is 0 Å². The number of imide groups is 1. The Morgan fingerprint density at radius 2 is 2.00 bits per heavy atom. The summed E-state index contributed by atoms with van der Waals surface area (Å²) in [6, 6.07) is 0. The van der Waals surface area contributed by atoms with Crippen LogP contribution in [0.4, 0.5) is 0 Å². The first kappa shape index (κ1) is 9.85. The topological polar surface area (TPSA) is 83.9 Å². The highest BCUT2D eigenvalue weighted by Gasteiger charge is 2.53. The molecule has 0 saturated carbocycles. The summed E-state index contributed by atoms with van der Waals surface area (Å²) in [6.45, 7) is 0.102. The number of carboxylic acids is 1. The maximum Gasteiger partial charge on any atom is 0.332 e. The van der Waals surface area contributed by atoms with Crippen LogP contribution in [0.1, 0.15) is 6.42 Å². The van der Waals surface area contributed by atoms with Crippen LogP contribution in [0.25, 0.3) is 0 Å². The fourth-order valence-corrected chi connectivity index (χ4v) is 1.82. The van der Waals surface area contributed by atoms with E-state index >= 15 is 0 Å².